The van der Waals surface area contributed by atoms with E-state index in [2.05, 4.69) is 29.2 Å². The zero-order chi connectivity index (χ0) is 15.4. The predicted octanol–water partition coefficient (Wildman–Crippen LogP) is 2.87. The van der Waals surface area contributed by atoms with E-state index in [-0.39, 0.29) is 5.91 Å². The maximum Gasteiger partial charge on any atom is 0.256 e. The molecule has 1 saturated heterocycles. The molecule has 22 heavy (non-hydrogen) atoms. The highest BCUT2D eigenvalue weighted by Crippen LogP contribution is 2.20. The second kappa shape index (κ2) is 6.79. The number of hydrogen-bond donors (Lipinski definition) is 0. The van der Waals surface area contributed by atoms with Gasteiger partial charge in [0.1, 0.15) is 6.26 Å². The number of rotatable bonds is 5. The SMILES string of the molecule is CN(C[C@@H]1CCN(Cc2ccccc2)C1)C(=O)c1ccoc1. The minimum Gasteiger partial charge on any atom is -0.472 e. The van der Waals surface area contributed by atoms with Gasteiger partial charge in [0.05, 0.1) is 11.8 Å². The molecule has 0 unspecified atom stereocenters. The first kappa shape index (κ1) is 14.9. The second-order valence-corrected chi connectivity index (χ2v) is 6.07. The summed E-state index contributed by atoms with van der Waals surface area (Å²) >= 11 is 0. The third-order valence-electron chi connectivity index (χ3n) is 4.27. The molecule has 3 rings (SSSR count). The molecule has 0 spiro atoms. The number of carbonyl (C=O) groups excluding carboxylic acids is 1. The van der Waals surface area contributed by atoms with E-state index in [0.29, 0.717) is 11.5 Å². The zero-order valence-corrected chi connectivity index (χ0v) is 12.9. The number of carbonyl (C=O) groups is 1. The highest BCUT2D eigenvalue weighted by Gasteiger charge is 2.25. The normalized spacial score (nSPS) is 18.5. The topological polar surface area (TPSA) is 36.7 Å². The largest absolute Gasteiger partial charge is 0.472 e. The second-order valence-electron chi connectivity index (χ2n) is 6.07. The van der Waals surface area contributed by atoms with Crippen LogP contribution >= 0.6 is 0 Å². The zero-order valence-electron chi connectivity index (χ0n) is 12.9. The van der Waals surface area contributed by atoms with Crippen molar-refractivity contribution in [1.29, 1.82) is 0 Å². The Morgan fingerprint density at radius 1 is 1.32 bits per heavy atom. The Labute approximate surface area is 131 Å². The quantitative estimate of drug-likeness (QED) is 0.851. The molecule has 1 fully saturated rings. The van der Waals surface area contributed by atoms with E-state index >= 15 is 0 Å². The van der Waals surface area contributed by atoms with Gasteiger partial charge in [-0.15, -0.1) is 0 Å². The van der Waals surface area contributed by atoms with Crippen molar-refractivity contribution in [3.63, 3.8) is 0 Å². The van der Waals surface area contributed by atoms with E-state index in [1.807, 2.05) is 18.0 Å². The van der Waals surface area contributed by atoms with Gasteiger partial charge in [0.2, 0.25) is 0 Å². The van der Waals surface area contributed by atoms with E-state index in [1.165, 1.54) is 18.1 Å². The van der Waals surface area contributed by atoms with Gasteiger partial charge in [-0.3, -0.25) is 9.69 Å². The fraction of sp³-hybridized carbons (Fsp3) is 0.389. The summed E-state index contributed by atoms with van der Waals surface area (Å²) in [4.78, 5) is 16.5. The van der Waals surface area contributed by atoms with Gasteiger partial charge >= 0.3 is 0 Å². The standard InChI is InChI=1S/C18H22N2O2/c1-19(18(21)17-8-10-22-14-17)11-16-7-9-20(13-16)12-15-5-3-2-4-6-15/h2-6,8,10,14,16H,7,9,11-13H2,1H3/t16-/m0/s1. The van der Waals surface area contributed by atoms with E-state index in [4.69, 9.17) is 4.42 Å². The predicted molar refractivity (Wildman–Crippen MR) is 85.5 cm³/mol. The number of nitrogens with zero attached hydrogens (tertiary/aromatic N) is 2. The maximum atomic E-state index is 12.2. The van der Waals surface area contributed by atoms with Gasteiger partial charge < -0.3 is 9.32 Å². The van der Waals surface area contributed by atoms with E-state index in [9.17, 15) is 4.79 Å². The lowest BCUT2D eigenvalue weighted by molar-refractivity contribution is 0.0772. The Morgan fingerprint density at radius 3 is 2.86 bits per heavy atom. The summed E-state index contributed by atoms with van der Waals surface area (Å²) < 4.78 is 4.98. The van der Waals surface area contributed by atoms with E-state index < -0.39 is 0 Å². The maximum absolute atomic E-state index is 12.2. The summed E-state index contributed by atoms with van der Waals surface area (Å²) in [7, 11) is 1.87. The fourth-order valence-electron chi connectivity index (χ4n) is 3.12. The Morgan fingerprint density at radius 2 is 2.14 bits per heavy atom. The van der Waals surface area contributed by atoms with Crippen molar-refractivity contribution < 1.29 is 9.21 Å². The number of furan rings is 1. The number of likely N-dealkylation sites (tertiary alicyclic amines) is 1. The summed E-state index contributed by atoms with van der Waals surface area (Å²) in [6.45, 7) is 3.96. The molecule has 0 aliphatic carbocycles. The Balaban J connectivity index is 1.49. The third-order valence-corrected chi connectivity index (χ3v) is 4.27. The Hall–Kier alpha value is -2.07. The number of benzene rings is 1. The van der Waals surface area contributed by atoms with Gasteiger partial charge in [-0.05, 0) is 30.5 Å². The first-order valence-corrected chi connectivity index (χ1v) is 7.76. The van der Waals surface area contributed by atoms with Crippen molar-refractivity contribution in [2.45, 2.75) is 13.0 Å². The average molecular weight is 298 g/mol. The van der Waals surface area contributed by atoms with Crippen molar-refractivity contribution >= 4 is 5.91 Å². The summed E-state index contributed by atoms with van der Waals surface area (Å²) in [5, 5.41) is 0. The fourth-order valence-corrected chi connectivity index (χ4v) is 3.12. The van der Waals surface area contributed by atoms with Crippen LogP contribution in [0.15, 0.2) is 53.3 Å². The lowest BCUT2D eigenvalue weighted by Crippen LogP contribution is -2.32. The molecule has 2 aromatic rings. The van der Waals surface area contributed by atoms with Crippen LogP contribution in [0, 0.1) is 5.92 Å². The highest BCUT2D eigenvalue weighted by molar-refractivity contribution is 5.93. The Kier molecular flexibility index (Phi) is 4.59. The van der Waals surface area contributed by atoms with Gasteiger partial charge in [-0.1, -0.05) is 30.3 Å². The van der Waals surface area contributed by atoms with Crippen LogP contribution in [0.1, 0.15) is 22.3 Å². The summed E-state index contributed by atoms with van der Waals surface area (Å²) in [6.07, 6.45) is 4.20. The molecule has 0 N–H and O–H groups in total. The molecule has 116 valence electrons. The molecule has 4 nitrogen and oxygen atoms in total. The van der Waals surface area contributed by atoms with Gasteiger partial charge in [0.15, 0.2) is 0 Å². The molecule has 2 heterocycles. The van der Waals surface area contributed by atoms with Gasteiger partial charge in [-0.25, -0.2) is 0 Å². The van der Waals surface area contributed by atoms with E-state index in [0.717, 1.165) is 32.6 Å². The molecule has 0 radical (unpaired) electrons. The minimum atomic E-state index is 0.0373. The molecular formula is C18H22N2O2. The van der Waals surface area contributed by atoms with Crippen LogP contribution in [0.2, 0.25) is 0 Å². The molecule has 1 atom stereocenters. The van der Waals surface area contributed by atoms with Crippen LogP contribution in [-0.4, -0.2) is 42.4 Å². The molecular weight excluding hydrogens is 276 g/mol. The molecule has 1 aromatic heterocycles. The van der Waals surface area contributed by atoms with Crippen LogP contribution in [0.25, 0.3) is 0 Å². The molecule has 1 aromatic carbocycles. The van der Waals surface area contributed by atoms with Crippen LogP contribution in [-0.2, 0) is 6.54 Å². The molecule has 1 aliphatic rings. The van der Waals surface area contributed by atoms with Gasteiger partial charge in [0.25, 0.3) is 5.91 Å². The van der Waals surface area contributed by atoms with Crippen molar-refractivity contribution in [2.24, 2.45) is 5.92 Å². The number of amides is 1. The lowest BCUT2D eigenvalue weighted by Gasteiger charge is -2.21. The highest BCUT2D eigenvalue weighted by atomic mass is 16.3. The summed E-state index contributed by atoms with van der Waals surface area (Å²) in [6, 6.07) is 12.3. The van der Waals surface area contributed by atoms with Crippen LogP contribution in [0.4, 0.5) is 0 Å². The van der Waals surface area contributed by atoms with Crippen molar-refractivity contribution in [1.82, 2.24) is 9.80 Å². The molecule has 1 aliphatic heterocycles. The summed E-state index contributed by atoms with van der Waals surface area (Å²) in [5.74, 6) is 0.583. The van der Waals surface area contributed by atoms with Crippen molar-refractivity contribution in [3.05, 3.63) is 60.1 Å². The lowest BCUT2D eigenvalue weighted by atomic mass is 10.1. The minimum absolute atomic E-state index is 0.0373. The van der Waals surface area contributed by atoms with Crippen LogP contribution < -0.4 is 0 Å². The average Bonchev–Trinajstić information content (AvgIpc) is 3.19. The first-order chi connectivity index (χ1) is 10.7. The van der Waals surface area contributed by atoms with Crippen LogP contribution in [0.3, 0.4) is 0 Å². The van der Waals surface area contributed by atoms with Gasteiger partial charge in [-0.2, -0.15) is 0 Å². The van der Waals surface area contributed by atoms with Gasteiger partial charge in [0, 0.05) is 26.7 Å². The summed E-state index contributed by atoms with van der Waals surface area (Å²) in [5.41, 5.74) is 1.98. The molecule has 0 bridgehead atoms. The molecule has 0 saturated carbocycles. The first-order valence-electron chi connectivity index (χ1n) is 7.76. The molecule has 4 heteroatoms. The van der Waals surface area contributed by atoms with Crippen LogP contribution in [0.5, 0.6) is 0 Å². The smallest absolute Gasteiger partial charge is 0.256 e. The monoisotopic (exact) mass is 298 g/mol. The van der Waals surface area contributed by atoms with Crippen molar-refractivity contribution in [2.75, 3.05) is 26.7 Å². The Bertz CT molecular complexity index is 595. The van der Waals surface area contributed by atoms with Crippen molar-refractivity contribution in [3.8, 4) is 0 Å². The molecule has 1 amide bonds. The number of hydrogen-bond acceptors (Lipinski definition) is 3. The third kappa shape index (κ3) is 3.57. The van der Waals surface area contributed by atoms with E-state index in [1.54, 1.807) is 6.07 Å².